The van der Waals surface area contributed by atoms with Crippen LogP contribution in [-0.2, 0) is 27.3 Å². The molecule has 40 heavy (non-hydrogen) atoms. The highest BCUT2D eigenvalue weighted by molar-refractivity contribution is 6.34. The number of hydrogen-bond donors (Lipinski definition) is 2. The van der Waals surface area contributed by atoms with Crippen molar-refractivity contribution in [2.24, 2.45) is 0 Å². The van der Waals surface area contributed by atoms with Crippen molar-refractivity contribution in [3.8, 4) is 5.75 Å². The molecule has 0 aliphatic heterocycles. The lowest BCUT2D eigenvalue weighted by molar-refractivity contribution is -0.149. The first-order valence-corrected chi connectivity index (χ1v) is 13.4. The lowest BCUT2D eigenvalue weighted by atomic mass is 10.1. The minimum atomic E-state index is -1.02. The van der Waals surface area contributed by atoms with Crippen molar-refractivity contribution in [2.45, 2.75) is 26.1 Å². The Morgan fingerprint density at radius 2 is 1.65 bits per heavy atom. The maximum Gasteiger partial charge on any atom is 0.333 e. The van der Waals surface area contributed by atoms with Gasteiger partial charge in [-0.3, -0.25) is 0 Å². The number of urea groups is 1. The number of benzene rings is 3. The quantitative estimate of drug-likeness (QED) is 0.201. The molecule has 0 bridgehead atoms. The van der Waals surface area contributed by atoms with Gasteiger partial charge in [0.15, 0.2) is 6.10 Å². The SMILES string of the molecule is CCOC(Cc1ccc(OCCN(CCOCc2cc(Cl)cc(Cl)c2)C(=O)Nc2ccccc2F)cc1)C(=O)O. The number of carboxylic acids is 1. The summed E-state index contributed by atoms with van der Waals surface area (Å²) in [6, 6.07) is 17.5. The standard InChI is InChI=1S/C29H31Cl2FN2O6/c1-2-39-27(28(35)36)17-20-7-9-24(10-8-20)40-14-12-34(29(37)33-26-6-4-3-5-25(26)32)11-13-38-19-21-15-22(30)18-23(31)16-21/h3-10,15-16,18,27H,2,11-14,17,19H2,1H3,(H,33,37)(H,35,36). The average Bonchev–Trinajstić information content (AvgIpc) is 2.91. The maximum atomic E-state index is 14.1. The van der Waals surface area contributed by atoms with Gasteiger partial charge in [-0.25, -0.2) is 14.0 Å². The Labute approximate surface area is 242 Å². The highest BCUT2D eigenvalue weighted by atomic mass is 35.5. The fourth-order valence-electron chi connectivity index (χ4n) is 3.76. The number of rotatable bonds is 15. The smallest absolute Gasteiger partial charge is 0.333 e. The largest absolute Gasteiger partial charge is 0.492 e. The van der Waals surface area contributed by atoms with Crippen LogP contribution < -0.4 is 10.1 Å². The summed E-state index contributed by atoms with van der Waals surface area (Å²) < 4.78 is 30.9. The fraction of sp³-hybridized carbons (Fsp3) is 0.310. The van der Waals surface area contributed by atoms with Crippen LogP contribution in [0.5, 0.6) is 5.75 Å². The van der Waals surface area contributed by atoms with Gasteiger partial charge in [0.1, 0.15) is 18.2 Å². The summed E-state index contributed by atoms with van der Waals surface area (Å²) in [7, 11) is 0. The van der Waals surface area contributed by atoms with Crippen LogP contribution in [-0.4, -0.2) is 61.0 Å². The number of para-hydroxylation sites is 1. The molecule has 3 rings (SSSR count). The van der Waals surface area contributed by atoms with Gasteiger partial charge in [-0.05, 0) is 60.5 Å². The molecule has 11 heteroatoms. The predicted molar refractivity (Wildman–Crippen MR) is 152 cm³/mol. The number of amides is 2. The summed E-state index contributed by atoms with van der Waals surface area (Å²) in [4.78, 5) is 25.7. The van der Waals surface area contributed by atoms with E-state index in [1.54, 1.807) is 55.5 Å². The Hall–Kier alpha value is -3.37. The molecule has 1 unspecified atom stereocenters. The number of nitrogens with one attached hydrogen (secondary N) is 1. The molecule has 0 aliphatic carbocycles. The minimum Gasteiger partial charge on any atom is -0.492 e. The molecule has 3 aromatic carbocycles. The highest BCUT2D eigenvalue weighted by Crippen LogP contribution is 2.20. The molecule has 8 nitrogen and oxygen atoms in total. The van der Waals surface area contributed by atoms with Gasteiger partial charge in [-0.2, -0.15) is 0 Å². The number of carboxylic acid groups (broad SMARTS) is 1. The van der Waals surface area contributed by atoms with Gasteiger partial charge in [0.2, 0.25) is 0 Å². The van der Waals surface area contributed by atoms with Crippen LogP contribution in [0, 0.1) is 5.82 Å². The summed E-state index contributed by atoms with van der Waals surface area (Å²) in [5.41, 5.74) is 1.65. The zero-order valence-electron chi connectivity index (χ0n) is 21.9. The highest BCUT2D eigenvalue weighted by Gasteiger charge is 2.18. The maximum absolute atomic E-state index is 14.1. The van der Waals surface area contributed by atoms with Crippen molar-refractivity contribution < 1.29 is 33.3 Å². The molecule has 0 aromatic heterocycles. The van der Waals surface area contributed by atoms with E-state index in [2.05, 4.69) is 5.32 Å². The first kappa shape index (κ1) is 31.2. The molecule has 2 amide bonds. The zero-order valence-corrected chi connectivity index (χ0v) is 23.5. The molecular formula is C29H31Cl2FN2O6. The van der Waals surface area contributed by atoms with Crippen LogP contribution in [0.25, 0.3) is 0 Å². The number of halogens is 3. The number of nitrogens with zero attached hydrogens (tertiary/aromatic N) is 1. The zero-order chi connectivity index (χ0) is 28.9. The van der Waals surface area contributed by atoms with E-state index in [-0.39, 0.29) is 45.0 Å². The van der Waals surface area contributed by atoms with Crippen LogP contribution in [0.2, 0.25) is 10.0 Å². The summed E-state index contributed by atoms with van der Waals surface area (Å²) in [6.45, 7) is 3.06. The second-order valence-corrected chi connectivity index (χ2v) is 9.58. The Balaban J connectivity index is 1.56. The summed E-state index contributed by atoms with van der Waals surface area (Å²) in [5.74, 6) is -1.01. The molecule has 0 heterocycles. The Bertz CT molecular complexity index is 1240. The van der Waals surface area contributed by atoms with E-state index in [4.69, 9.17) is 37.4 Å². The van der Waals surface area contributed by atoms with Gasteiger partial charge < -0.3 is 29.5 Å². The number of carbonyl (C=O) groups is 2. The molecular weight excluding hydrogens is 562 g/mol. The van der Waals surface area contributed by atoms with E-state index in [1.807, 2.05) is 0 Å². The second kappa shape index (κ2) is 16.0. The van der Waals surface area contributed by atoms with Crippen molar-refractivity contribution in [1.82, 2.24) is 4.90 Å². The first-order valence-electron chi connectivity index (χ1n) is 12.6. The molecule has 0 saturated carbocycles. The molecule has 2 N–H and O–H groups in total. The summed E-state index contributed by atoms with van der Waals surface area (Å²) in [5, 5.41) is 12.9. The van der Waals surface area contributed by atoms with E-state index < -0.39 is 23.9 Å². The molecule has 0 radical (unpaired) electrons. The molecule has 0 aliphatic rings. The van der Waals surface area contributed by atoms with Gasteiger partial charge in [0.25, 0.3) is 0 Å². The third-order valence-corrected chi connectivity index (χ3v) is 6.15. The monoisotopic (exact) mass is 592 g/mol. The molecule has 0 spiro atoms. The van der Waals surface area contributed by atoms with Crippen LogP contribution in [0.1, 0.15) is 18.1 Å². The van der Waals surface area contributed by atoms with Crippen LogP contribution in [0.3, 0.4) is 0 Å². The number of carbonyl (C=O) groups excluding carboxylic acids is 1. The van der Waals surface area contributed by atoms with E-state index >= 15 is 0 Å². The predicted octanol–water partition coefficient (Wildman–Crippen LogP) is 6.29. The van der Waals surface area contributed by atoms with E-state index in [1.165, 1.54) is 23.1 Å². The Morgan fingerprint density at radius 1 is 0.975 bits per heavy atom. The van der Waals surface area contributed by atoms with Gasteiger partial charge >= 0.3 is 12.0 Å². The van der Waals surface area contributed by atoms with Gasteiger partial charge in [-0.1, -0.05) is 47.5 Å². The Morgan fingerprint density at radius 3 is 2.30 bits per heavy atom. The van der Waals surface area contributed by atoms with E-state index in [0.717, 1.165) is 11.1 Å². The number of anilines is 1. The van der Waals surface area contributed by atoms with Gasteiger partial charge in [0, 0.05) is 29.6 Å². The molecule has 0 saturated heterocycles. The van der Waals surface area contributed by atoms with Crippen molar-refractivity contribution >= 4 is 40.9 Å². The number of aliphatic carboxylic acids is 1. The van der Waals surface area contributed by atoms with Crippen molar-refractivity contribution in [3.05, 3.63) is 93.7 Å². The molecule has 3 aromatic rings. The summed E-state index contributed by atoms with van der Waals surface area (Å²) in [6.07, 6.45) is -0.689. The Kier molecular flexibility index (Phi) is 12.5. The van der Waals surface area contributed by atoms with Crippen molar-refractivity contribution in [3.63, 3.8) is 0 Å². The van der Waals surface area contributed by atoms with Crippen molar-refractivity contribution in [2.75, 3.05) is 38.2 Å². The minimum absolute atomic E-state index is 0.0650. The third kappa shape index (κ3) is 10.3. The van der Waals surface area contributed by atoms with Crippen molar-refractivity contribution in [1.29, 1.82) is 0 Å². The van der Waals surface area contributed by atoms with E-state index in [9.17, 15) is 19.1 Å². The van der Waals surface area contributed by atoms with Crippen LogP contribution in [0.4, 0.5) is 14.9 Å². The lowest BCUT2D eigenvalue weighted by Crippen LogP contribution is -2.40. The topological polar surface area (TPSA) is 97.3 Å². The first-order chi connectivity index (χ1) is 19.2. The lowest BCUT2D eigenvalue weighted by Gasteiger charge is -2.23. The fourth-order valence-corrected chi connectivity index (χ4v) is 4.33. The van der Waals surface area contributed by atoms with Gasteiger partial charge in [0.05, 0.1) is 25.4 Å². The van der Waals surface area contributed by atoms with Crippen LogP contribution >= 0.6 is 23.2 Å². The molecule has 214 valence electrons. The van der Waals surface area contributed by atoms with Gasteiger partial charge in [-0.15, -0.1) is 0 Å². The van der Waals surface area contributed by atoms with E-state index in [0.29, 0.717) is 22.4 Å². The number of hydrogen-bond acceptors (Lipinski definition) is 5. The number of ether oxygens (including phenoxy) is 3. The summed E-state index contributed by atoms with van der Waals surface area (Å²) >= 11 is 12.1. The third-order valence-electron chi connectivity index (χ3n) is 5.72. The molecule has 1 atom stereocenters. The average molecular weight is 593 g/mol. The van der Waals surface area contributed by atoms with Crippen LogP contribution in [0.15, 0.2) is 66.7 Å². The molecule has 0 fully saturated rings. The normalized spacial score (nSPS) is 11.6. The second-order valence-electron chi connectivity index (χ2n) is 8.71.